The maximum absolute atomic E-state index is 12.0. The van der Waals surface area contributed by atoms with Crippen molar-refractivity contribution in [2.45, 2.75) is 13.0 Å². The molecule has 18 heavy (non-hydrogen) atoms. The Morgan fingerprint density at radius 2 is 2.06 bits per heavy atom. The SMILES string of the molecule is CC(NC(=O)c1ccccc1O)c1cccnc1. The number of nitrogens with one attached hydrogen (secondary N) is 1. The summed E-state index contributed by atoms with van der Waals surface area (Å²) in [6.45, 7) is 1.87. The third kappa shape index (κ3) is 2.66. The van der Waals surface area contributed by atoms with Crippen LogP contribution in [0.1, 0.15) is 28.9 Å². The summed E-state index contributed by atoms with van der Waals surface area (Å²) < 4.78 is 0. The van der Waals surface area contributed by atoms with Crippen molar-refractivity contribution in [1.82, 2.24) is 10.3 Å². The molecule has 0 aliphatic rings. The lowest BCUT2D eigenvalue weighted by atomic mass is 10.1. The number of benzene rings is 1. The topological polar surface area (TPSA) is 62.2 Å². The predicted octanol–water partition coefficient (Wildman–Crippen LogP) is 2.28. The van der Waals surface area contributed by atoms with Gasteiger partial charge in [0.1, 0.15) is 5.75 Å². The molecule has 2 rings (SSSR count). The molecule has 92 valence electrons. The molecule has 1 atom stereocenters. The molecular weight excluding hydrogens is 228 g/mol. The first-order valence-corrected chi connectivity index (χ1v) is 5.67. The number of nitrogens with zero attached hydrogens (tertiary/aromatic N) is 1. The van der Waals surface area contributed by atoms with E-state index in [1.165, 1.54) is 6.07 Å². The van der Waals surface area contributed by atoms with Crippen LogP contribution in [0.15, 0.2) is 48.8 Å². The quantitative estimate of drug-likeness (QED) is 0.868. The second-order valence-corrected chi connectivity index (χ2v) is 4.00. The maximum atomic E-state index is 12.0. The lowest BCUT2D eigenvalue weighted by Gasteiger charge is -2.14. The molecule has 1 unspecified atom stereocenters. The number of hydrogen-bond donors (Lipinski definition) is 2. The van der Waals surface area contributed by atoms with Crippen LogP contribution in [0.25, 0.3) is 0 Å². The molecule has 0 saturated heterocycles. The molecule has 1 heterocycles. The van der Waals surface area contributed by atoms with Crippen LogP contribution in [0.5, 0.6) is 5.75 Å². The molecule has 0 fully saturated rings. The van der Waals surface area contributed by atoms with Gasteiger partial charge in [0.15, 0.2) is 0 Å². The minimum Gasteiger partial charge on any atom is -0.507 e. The Morgan fingerprint density at radius 3 is 2.72 bits per heavy atom. The van der Waals surface area contributed by atoms with Crippen molar-refractivity contribution in [3.63, 3.8) is 0 Å². The van der Waals surface area contributed by atoms with Gasteiger partial charge in [0, 0.05) is 12.4 Å². The van der Waals surface area contributed by atoms with Gasteiger partial charge >= 0.3 is 0 Å². The van der Waals surface area contributed by atoms with Crippen molar-refractivity contribution in [2.24, 2.45) is 0 Å². The molecule has 1 aromatic carbocycles. The highest BCUT2D eigenvalue weighted by molar-refractivity contribution is 5.96. The summed E-state index contributed by atoms with van der Waals surface area (Å²) in [5.41, 5.74) is 1.19. The molecule has 4 nitrogen and oxygen atoms in total. The fourth-order valence-corrected chi connectivity index (χ4v) is 1.66. The molecule has 0 aliphatic carbocycles. The van der Waals surface area contributed by atoms with Crippen molar-refractivity contribution in [3.8, 4) is 5.75 Å². The largest absolute Gasteiger partial charge is 0.507 e. The Labute approximate surface area is 105 Å². The van der Waals surface area contributed by atoms with Crippen LogP contribution in [0, 0.1) is 0 Å². The number of hydrogen-bond acceptors (Lipinski definition) is 3. The number of pyridine rings is 1. The van der Waals surface area contributed by atoms with Gasteiger partial charge in [0.05, 0.1) is 11.6 Å². The highest BCUT2D eigenvalue weighted by Gasteiger charge is 2.13. The number of aromatic hydroxyl groups is 1. The summed E-state index contributed by atoms with van der Waals surface area (Å²) in [4.78, 5) is 16.0. The Balaban J connectivity index is 2.11. The number of aromatic nitrogens is 1. The number of phenols is 1. The van der Waals surface area contributed by atoms with Gasteiger partial charge in [-0.3, -0.25) is 9.78 Å². The number of para-hydroxylation sites is 1. The molecule has 0 bridgehead atoms. The van der Waals surface area contributed by atoms with Crippen molar-refractivity contribution < 1.29 is 9.90 Å². The van der Waals surface area contributed by atoms with E-state index in [9.17, 15) is 9.90 Å². The minimum absolute atomic E-state index is 0.0200. The first kappa shape index (κ1) is 12.1. The first-order valence-electron chi connectivity index (χ1n) is 5.67. The van der Waals surface area contributed by atoms with Gasteiger partial charge in [-0.1, -0.05) is 18.2 Å². The molecule has 2 N–H and O–H groups in total. The number of carbonyl (C=O) groups excluding carboxylic acids is 1. The molecule has 1 amide bonds. The van der Waals surface area contributed by atoms with E-state index in [-0.39, 0.29) is 23.3 Å². The summed E-state index contributed by atoms with van der Waals surface area (Å²) in [7, 11) is 0. The molecule has 1 aromatic heterocycles. The molecule has 0 saturated carbocycles. The predicted molar refractivity (Wildman–Crippen MR) is 68.2 cm³/mol. The van der Waals surface area contributed by atoms with Gasteiger partial charge in [-0.05, 0) is 30.7 Å². The van der Waals surface area contributed by atoms with Crippen molar-refractivity contribution in [3.05, 3.63) is 59.9 Å². The van der Waals surface area contributed by atoms with E-state index in [0.717, 1.165) is 5.56 Å². The highest BCUT2D eigenvalue weighted by Crippen LogP contribution is 2.17. The van der Waals surface area contributed by atoms with Crippen molar-refractivity contribution in [2.75, 3.05) is 0 Å². The van der Waals surface area contributed by atoms with Crippen LogP contribution in [-0.2, 0) is 0 Å². The van der Waals surface area contributed by atoms with Crippen LogP contribution in [0.2, 0.25) is 0 Å². The highest BCUT2D eigenvalue weighted by atomic mass is 16.3. The van der Waals surface area contributed by atoms with Gasteiger partial charge in [0.2, 0.25) is 0 Å². The lowest BCUT2D eigenvalue weighted by Crippen LogP contribution is -2.26. The monoisotopic (exact) mass is 242 g/mol. The van der Waals surface area contributed by atoms with Crippen LogP contribution in [-0.4, -0.2) is 16.0 Å². The zero-order chi connectivity index (χ0) is 13.0. The molecule has 0 spiro atoms. The number of carbonyl (C=O) groups is 1. The molecule has 0 aliphatic heterocycles. The Kier molecular flexibility index (Phi) is 3.57. The summed E-state index contributed by atoms with van der Waals surface area (Å²) in [6.07, 6.45) is 3.39. The zero-order valence-electron chi connectivity index (χ0n) is 10.00. The fourth-order valence-electron chi connectivity index (χ4n) is 1.66. The summed E-state index contributed by atoms with van der Waals surface area (Å²) in [5, 5.41) is 12.4. The average molecular weight is 242 g/mol. The van der Waals surface area contributed by atoms with Gasteiger partial charge in [-0.2, -0.15) is 0 Å². The first-order chi connectivity index (χ1) is 8.68. The normalized spacial score (nSPS) is 11.8. The molecule has 2 aromatic rings. The number of amides is 1. The Morgan fingerprint density at radius 1 is 1.28 bits per heavy atom. The van der Waals surface area contributed by atoms with Crippen molar-refractivity contribution in [1.29, 1.82) is 0 Å². The third-order valence-corrected chi connectivity index (χ3v) is 2.68. The van der Waals surface area contributed by atoms with Crippen LogP contribution in [0.4, 0.5) is 0 Å². The summed E-state index contributed by atoms with van der Waals surface area (Å²) >= 11 is 0. The van der Waals surface area contributed by atoms with Gasteiger partial charge in [0.25, 0.3) is 5.91 Å². The molecule has 4 heteroatoms. The molecule has 0 radical (unpaired) electrons. The van der Waals surface area contributed by atoms with E-state index < -0.39 is 0 Å². The Bertz CT molecular complexity index is 541. The van der Waals surface area contributed by atoms with E-state index >= 15 is 0 Å². The second kappa shape index (κ2) is 5.31. The maximum Gasteiger partial charge on any atom is 0.255 e. The van der Waals surface area contributed by atoms with Crippen molar-refractivity contribution >= 4 is 5.91 Å². The Hall–Kier alpha value is -2.36. The number of rotatable bonds is 3. The van der Waals surface area contributed by atoms with Crippen LogP contribution in [0.3, 0.4) is 0 Å². The lowest BCUT2D eigenvalue weighted by molar-refractivity contribution is 0.0937. The van der Waals surface area contributed by atoms with Crippen LogP contribution >= 0.6 is 0 Å². The molecular formula is C14H14N2O2. The third-order valence-electron chi connectivity index (χ3n) is 2.68. The zero-order valence-corrected chi connectivity index (χ0v) is 10.00. The van der Waals surface area contributed by atoms with Gasteiger partial charge in [-0.25, -0.2) is 0 Å². The second-order valence-electron chi connectivity index (χ2n) is 4.00. The van der Waals surface area contributed by atoms with E-state index in [2.05, 4.69) is 10.3 Å². The van der Waals surface area contributed by atoms with Crippen LogP contribution < -0.4 is 5.32 Å². The standard InChI is InChI=1S/C14H14N2O2/c1-10(11-5-4-8-15-9-11)16-14(18)12-6-2-3-7-13(12)17/h2-10,17H,1H3,(H,16,18). The van der Waals surface area contributed by atoms with E-state index in [1.807, 2.05) is 19.1 Å². The number of phenolic OH excluding ortho intramolecular Hbond substituents is 1. The van der Waals surface area contributed by atoms with E-state index in [1.54, 1.807) is 30.6 Å². The summed E-state index contributed by atoms with van der Waals surface area (Å²) in [5.74, 6) is -0.321. The minimum atomic E-state index is -0.301. The van der Waals surface area contributed by atoms with E-state index in [0.29, 0.717) is 0 Å². The van der Waals surface area contributed by atoms with E-state index in [4.69, 9.17) is 0 Å². The average Bonchev–Trinajstić information content (AvgIpc) is 2.40. The fraction of sp³-hybridized carbons (Fsp3) is 0.143. The van der Waals surface area contributed by atoms with Gasteiger partial charge in [-0.15, -0.1) is 0 Å². The van der Waals surface area contributed by atoms with Gasteiger partial charge < -0.3 is 10.4 Å². The smallest absolute Gasteiger partial charge is 0.255 e. The summed E-state index contributed by atoms with van der Waals surface area (Å²) in [6, 6.07) is 10.0.